The van der Waals surface area contributed by atoms with Gasteiger partial charge in [0.15, 0.2) is 9.04 Å². The Kier molecular flexibility index (Phi) is 13.5. The molecule has 2 atom stereocenters. The van der Waals surface area contributed by atoms with Gasteiger partial charge in [0.25, 0.3) is 0 Å². The highest BCUT2D eigenvalue weighted by Gasteiger charge is 2.27. The first-order valence-electron chi connectivity index (χ1n) is 12.4. The molecule has 1 aromatic carbocycles. The summed E-state index contributed by atoms with van der Waals surface area (Å²) in [6, 6.07) is 8.59. The predicted octanol–water partition coefficient (Wildman–Crippen LogP) is 8.03. The van der Waals surface area contributed by atoms with E-state index in [4.69, 9.17) is 9.16 Å². The molecule has 0 heterocycles. The van der Waals surface area contributed by atoms with Crippen molar-refractivity contribution in [1.29, 1.82) is 0 Å². The van der Waals surface area contributed by atoms with Crippen LogP contribution in [-0.2, 0) is 14.0 Å². The van der Waals surface area contributed by atoms with Gasteiger partial charge < -0.3 is 9.16 Å². The lowest BCUT2D eigenvalue weighted by atomic mass is 9.84. The van der Waals surface area contributed by atoms with Crippen molar-refractivity contribution in [3.8, 4) is 0 Å². The molecular weight excluding hydrogens is 412 g/mol. The zero-order valence-corrected chi connectivity index (χ0v) is 22.7. The van der Waals surface area contributed by atoms with Crippen LogP contribution in [0.1, 0.15) is 96.8 Å². The summed E-state index contributed by atoms with van der Waals surface area (Å²) in [5.41, 5.74) is 2.42. The van der Waals surface area contributed by atoms with E-state index in [0.717, 1.165) is 18.4 Å². The minimum Gasteiger partial charge on any atom is -0.458 e. The smallest absolute Gasteiger partial charge is 0.303 e. The molecule has 0 amide bonds. The van der Waals surface area contributed by atoms with Crippen LogP contribution in [0.25, 0.3) is 6.08 Å². The second-order valence-corrected chi connectivity index (χ2v) is 12.4. The lowest BCUT2D eigenvalue weighted by Gasteiger charge is -2.33. The van der Waals surface area contributed by atoms with Crippen molar-refractivity contribution in [2.24, 2.45) is 5.41 Å². The van der Waals surface area contributed by atoms with Gasteiger partial charge in [-0.2, -0.15) is 0 Å². The van der Waals surface area contributed by atoms with E-state index in [1.807, 2.05) is 18.2 Å². The van der Waals surface area contributed by atoms with Crippen molar-refractivity contribution in [2.75, 3.05) is 0 Å². The molecule has 0 saturated heterocycles. The number of ether oxygens (including phenoxy) is 1. The van der Waals surface area contributed by atoms with Gasteiger partial charge in [0, 0.05) is 6.92 Å². The molecule has 0 N–H and O–H groups in total. The van der Waals surface area contributed by atoms with Gasteiger partial charge in [-0.1, -0.05) is 96.2 Å². The van der Waals surface area contributed by atoms with Gasteiger partial charge in [0.1, 0.15) is 6.10 Å². The Balaban J connectivity index is 2.74. The molecule has 0 aliphatic heterocycles. The van der Waals surface area contributed by atoms with Gasteiger partial charge in [-0.25, -0.2) is 0 Å². The molecule has 0 bridgehead atoms. The molecule has 0 aromatic heterocycles. The third kappa shape index (κ3) is 12.4. The minimum atomic E-state index is -1.15. The van der Waals surface area contributed by atoms with Crippen molar-refractivity contribution in [1.82, 2.24) is 0 Å². The quantitative estimate of drug-likeness (QED) is 0.122. The molecule has 0 spiro atoms. The van der Waals surface area contributed by atoms with Gasteiger partial charge in [-0.15, -0.1) is 0 Å². The van der Waals surface area contributed by atoms with Crippen LogP contribution >= 0.6 is 0 Å². The highest BCUT2D eigenvalue weighted by atomic mass is 28.3. The Morgan fingerprint density at radius 2 is 1.75 bits per heavy atom. The molecule has 0 aliphatic rings. The maximum absolute atomic E-state index is 11.5. The molecule has 1 rings (SSSR count). The standard InChI is InChI=1S/C28H46O3Si/c1-8-9-10-11-12-13-20-26(30-23(2)29)21-15-14-17-24-18-16-19-25(22-24)27(28(3,4)5)31-32(6)7/h14-19,21-22,26-27,32H,8-13,20H2,1-7H3. The SMILES string of the molecule is CCCCCCCCC(C=CC=Cc1cccc(C(O[SiH](C)C)C(C)(C)C)c1)OC(C)=O. The van der Waals surface area contributed by atoms with E-state index in [1.54, 1.807) is 0 Å². The molecule has 180 valence electrons. The Morgan fingerprint density at radius 1 is 1.06 bits per heavy atom. The van der Waals surface area contributed by atoms with Crippen LogP contribution in [0.3, 0.4) is 0 Å². The second-order valence-electron chi connectivity index (χ2n) is 10.0. The van der Waals surface area contributed by atoms with Gasteiger partial charge >= 0.3 is 5.97 Å². The Bertz CT molecular complexity index is 716. The van der Waals surface area contributed by atoms with Crippen molar-refractivity contribution >= 4 is 21.1 Å². The largest absolute Gasteiger partial charge is 0.458 e. The Hall–Kier alpha value is -1.65. The number of allylic oxidation sites excluding steroid dienone is 2. The summed E-state index contributed by atoms with van der Waals surface area (Å²) >= 11 is 0. The summed E-state index contributed by atoms with van der Waals surface area (Å²) in [5.74, 6) is -0.218. The molecule has 0 radical (unpaired) electrons. The van der Waals surface area contributed by atoms with Crippen molar-refractivity contribution in [3.05, 3.63) is 53.6 Å². The molecule has 0 aliphatic carbocycles. The number of hydrogen-bond donors (Lipinski definition) is 0. The number of benzene rings is 1. The maximum atomic E-state index is 11.5. The first-order chi connectivity index (χ1) is 15.1. The molecule has 32 heavy (non-hydrogen) atoms. The molecule has 4 heteroatoms. The van der Waals surface area contributed by atoms with Gasteiger partial charge in [-0.05, 0) is 54.6 Å². The molecule has 1 aromatic rings. The maximum Gasteiger partial charge on any atom is 0.303 e. The number of hydrogen-bond acceptors (Lipinski definition) is 3. The zero-order valence-electron chi connectivity index (χ0n) is 21.5. The number of rotatable bonds is 14. The predicted molar refractivity (Wildman–Crippen MR) is 140 cm³/mol. The summed E-state index contributed by atoms with van der Waals surface area (Å²) < 4.78 is 11.9. The third-order valence-corrected chi connectivity index (χ3v) is 6.11. The normalized spacial score (nSPS) is 14.4. The van der Waals surface area contributed by atoms with Crippen LogP contribution in [-0.4, -0.2) is 21.1 Å². The van der Waals surface area contributed by atoms with Gasteiger partial charge in [0.05, 0.1) is 6.10 Å². The van der Waals surface area contributed by atoms with Crippen LogP contribution in [0.2, 0.25) is 13.1 Å². The fourth-order valence-electron chi connectivity index (χ4n) is 3.77. The van der Waals surface area contributed by atoms with Crippen LogP contribution < -0.4 is 0 Å². The monoisotopic (exact) mass is 458 g/mol. The molecule has 2 unspecified atom stereocenters. The van der Waals surface area contributed by atoms with E-state index in [2.05, 4.69) is 71.1 Å². The third-order valence-electron chi connectivity index (χ3n) is 5.29. The zero-order chi connectivity index (χ0) is 24.0. The second kappa shape index (κ2) is 15.2. The van der Waals surface area contributed by atoms with Crippen molar-refractivity contribution in [3.63, 3.8) is 0 Å². The molecule has 0 fully saturated rings. The number of unbranched alkanes of at least 4 members (excludes halogenated alkanes) is 5. The van der Waals surface area contributed by atoms with Crippen LogP contribution in [0, 0.1) is 5.41 Å². The summed E-state index contributed by atoms with van der Waals surface area (Å²) in [7, 11) is -1.15. The fourth-order valence-corrected chi connectivity index (χ4v) is 4.88. The number of esters is 1. The molecule has 3 nitrogen and oxygen atoms in total. The number of carbonyl (C=O) groups is 1. The minimum absolute atomic E-state index is 0.0489. The summed E-state index contributed by atoms with van der Waals surface area (Å²) in [6.07, 6.45) is 16.4. The van der Waals surface area contributed by atoms with Crippen molar-refractivity contribution in [2.45, 2.75) is 105 Å². The summed E-state index contributed by atoms with van der Waals surface area (Å²) in [5, 5.41) is 0. The van der Waals surface area contributed by atoms with E-state index in [9.17, 15) is 4.79 Å². The fraction of sp³-hybridized carbons (Fsp3) is 0.607. The van der Waals surface area contributed by atoms with Crippen LogP contribution in [0.4, 0.5) is 0 Å². The summed E-state index contributed by atoms with van der Waals surface area (Å²) in [6.45, 7) is 14.9. The van der Waals surface area contributed by atoms with Crippen molar-refractivity contribution < 1.29 is 14.0 Å². The summed E-state index contributed by atoms with van der Waals surface area (Å²) in [4.78, 5) is 11.5. The number of carbonyl (C=O) groups excluding carboxylic acids is 1. The van der Waals surface area contributed by atoms with Crippen LogP contribution in [0.15, 0.2) is 42.5 Å². The average Bonchev–Trinajstić information content (AvgIpc) is 2.70. The molecular formula is C28H46O3Si. The topological polar surface area (TPSA) is 35.5 Å². The van der Waals surface area contributed by atoms with Crippen LogP contribution in [0.5, 0.6) is 0 Å². The lowest BCUT2D eigenvalue weighted by Crippen LogP contribution is -2.25. The van der Waals surface area contributed by atoms with E-state index < -0.39 is 9.04 Å². The average molecular weight is 459 g/mol. The first kappa shape index (κ1) is 28.4. The highest BCUT2D eigenvalue weighted by molar-refractivity contribution is 6.48. The van der Waals surface area contributed by atoms with E-state index in [-0.39, 0.29) is 23.6 Å². The van der Waals surface area contributed by atoms with Gasteiger partial charge in [-0.3, -0.25) is 4.79 Å². The Morgan fingerprint density at radius 3 is 2.38 bits per heavy atom. The lowest BCUT2D eigenvalue weighted by molar-refractivity contribution is -0.144. The first-order valence-corrected chi connectivity index (χ1v) is 15.2. The van der Waals surface area contributed by atoms with Gasteiger partial charge in [0.2, 0.25) is 0 Å². The highest BCUT2D eigenvalue weighted by Crippen LogP contribution is 2.37. The van der Waals surface area contributed by atoms with E-state index in [0.29, 0.717) is 0 Å². The van der Waals surface area contributed by atoms with E-state index in [1.165, 1.54) is 44.6 Å². The molecule has 0 saturated carbocycles. The van der Waals surface area contributed by atoms with E-state index >= 15 is 0 Å². The Labute approximate surface area is 199 Å².